The van der Waals surface area contributed by atoms with Crippen molar-refractivity contribution in [2.75, 3.05) is 50.8 Å². The Balaban J connectivity index is 1.99. The molecule has 0 amide bonds. The minimum Gasteiger partial charge on any atom is -0.468 e. The molecule has 132 valence electrons. The molecule has 1 aromatic rings. The summed E-state index contributed by atoms with van der Waals surface area (Å²) in [6, 6.07) is 5.47. The molecule has 0 bridgehead atoms. The van der Waals surface area contributed by atoms with Gasteiger partial charge in [-0.05, 0) is 18.2 Å². The van der Waals surface area contributed by atoms with Crippen LogP contribution in [0, 0.1) is 5.41 Å². The zero-order chi connectivity index (χ0) is 17.4. The molecule has 1 aromatic carbocycles. The zero-order valence-electron chi connectivity index (χ0n) is 14.3. The summed E-state index contributed by atoms with van der Waals surface area (Å²) in [4.78, 5) is 13.5. The summed E-state index contributed by atoms with van der Waals surface area (Å²) >= 11 is 0. The third kappa shape index (κ3) is 3.19. The molecule has 0 saturated carbocycles. The van der Waals surface area contributed by atoms with E-state index in [1.807, 2.05) is 12.1 Å². The highest BCUT2D eigenvalue weighted by Gasteiger charge is 2.46. The number of nitrogen functional groups attached to an aromatic ring is 1. The number of benzene rings is 1. The van der Waals surface area contributed by atoms with Gasteiger partial charge in [0, 0.05) is 22.4 Å². The van der Waals surface area contributed by atoms with E-state index in [0.29, 0.717) is 18.9 Å². The second-order valence-electron chi connectivity index (χ2n) is 7.02. The number of anilines is 2. The molecule has 0 aromatic heterocycles. The number of nitrogens with zero attached hydrogens (tertiary/aromatic N) is 1. The molecular weight excluding hydrogens is 312 g/mol. The van der Waals surface area contributed by atoms with Crippen LogP contribution in [0.25, 0.3) is 0 Å². The topological polar surface area (TPSA) is 83.2 Å². The smallest absolute Gasteiger partial charge is 0.325 e. The molecule has 2 heterocycles. The Morgan fingerprint density at radius 1 is 1.29 bits per heavy atom. The number of fused-ring (bicyclic) bond motifs is 2. The Labute approximate surface area is 141 Å². The molecule has 0 unspecified atom stereocenters. The van der Waals surface area contributed by atoms with Gasteiger partial charge in [0.1, 0.15) is 19.9 Å². The molecule has 0 radical (unpaired) electrons. The van der Waals surface area contributed by atoms with Crippen molar-refractivity contribution >= 4 is 17.3 Å². The highest BCUT2D eigenvalue weighted by Crippen LogP contribution is 2.43. The zero-order valence-corrected chi connectivity index (χ0v) is 14.3. The summed E-state index contributed by atoms with van der Waals surface area (Å²) in [5.74, 6) is -1.35. The first-order valence-corrected chi connectivity index (χ1v) is 7.93. The maximum atomic E-state index is 11.7. The van der Waals surface area contributed by atoms with Crippen molar-refractivity contribution in [1.82, 2.24) is 0 Å². The second-order valence-corrected chi connectivity index (χ2v) is 7.02. The standard InChI is InChI=1S/C17H24N2O5/c1-16(2)8-23-17(24-9-16)10-22-11-19(7-15(20)21-3)14-5-4-12(18)6-13(14)17/h4-6H,7-11,18H2,1-3H3. The first kappa shape index (κ1) is 17.0. The van der Waals surface area contributed by atoms with Crippen LogP contribution < -0.4 is 10.6 Å². The summed E-state index contributed by atoms with van der Waals surface area (Å²) in [6.45, 7) is 5.81. The van der Waals surface area contributed by atoms with E-state index < -0.39 is 5.79 Å². The van der Waals surface area contributed by atoms with Gasteiger partial charge in [0.25, 0.3) is 0 Å². The lowest BCUT2D eigenvalue weighted by Crippen LogP contribution is -2.48. The van der Waals surface area contributed by atoms with Gasteiger partial charge in [0.15, 0.2) is 0 Å². The normalized spacial score (nSPS) is 21.9. The summed E-state index contributed by atoms with van der Waals surface area (Å²) < 4.78 is 22.8. The largest absolute Gasteiger partial charge is 0.468 e. The quantitative estimate of drug-likeness (QED) is 0.646. The van der Waals surface area contributed by atoms with Gasteiger partial charge in [-0.2, -0.15) is 0 Å². The summed E-state index contributed by atoms with van der Waals surface area (Å²) in [5, 5.41) is 0. The average molecular weight is 336 g/mol. The van der Waals surface area contributed by atoms with Crippen LogP contribution in [0.3, 0.4) is 0 Å². The van der Waals surface area contributed by atoms with E-state index in [0.717, 1.165) is 11.3 Å². The Bertz CT molecular complexity index is 621. The van der Waals surface area contributed by atoms with E-state index >= 15 is 0 Å². The summed E-state index contributed by atoms with van der Waals surface area (Å²) in [6.07, 6.45) is 0. The van der Waals surface area contributed by atoms with Crippen molar-refractivity contribution in [3.63, 3.8) is 0 Å². The van der Waals surface area contributed by atoms with E-state index in [9.17, 15) is 4.79 Å². The maximum Gasteiger partial charge on any atom is 0.325 e. The molecule has 0 aliphatic carbocycles. The Hall–Kier alpha value is -1.83. The Morgan fingerprint density at radius 3 is 2.67 bits per heavy atom. The predicted molar refractivity (Wildman–Crippen MR) is 88.4 cm³/mol. The van der Waals surface area contributed by atoms with Crippen molar-refractivity contribution in [1.29, 1.82) is 0 Å². The van der Waals surface area contributed by atoms with Crippen molar-refractivity contribution in [3.05, 3.63) is 23.8 Å². The number of methoxy groups -OCH3 is 1. The molecule has 2 aliphatic heterocycles. The van der Waals surface area contributed by atoms with Gasteiger partial charge in [0.2, 0.25) is 5.79 Å². The van der Waals surface area contributed by atoms with Gasteiger partial charge in [0.05, 0.1) is 20.3 Å². The van der Waals surface area contributed by atoms with Crippen LogP contribution >= 0.6 is 0 Å². The van der Waals surface area contributed by atoms with Crippen molar-refractivity contribution in [2.24, 2.45) is 5.41 Å². The molecule has 1 saturated heterocycles. The maximum absolute atomic E-state index is 11.7. The van der Waals surface area contributed by atoms with E-state index in [2.05, 4.69) is 13.8 Å². The lowest BCUT2D eigenvalue weighted by Gasteiger charge is -2.43. The molecule has 0 atom stereocenters. The molecular formula is C17H24N2O5. The first-order chi connectivity index (χ1) is 11.4. The fourth-order valence-electron chi connectivity index (χ4n) is 2.87. The molecule has 2 N–H and O–H groups in total. The van der Waals surface area contributed by atoms with Crippen LogP contribution in [0.5, 0.6) is 0 Å². The number of hydrogen-bond acceptors (Lipinski definition) is 7. The van der Waals surface area contributed by atoms with Gasteiger partial charge < -0.3 is 29.6 Å². The SMILES string of the molecule is COC(=O)CN1COCC2(OCC(C)(C)CO2)c2cc(N)ccc21. The van der Waals surface area contributed by atoms with Crippen LogP contribution in [-0.2, 0) is 29.5 Å². The summed E-state index contributed by atoms with van der Waals surface area (Å²) in [5.41, 5.74) is 8.10. The highest BCUT2D eigenvalue weighted by molar-refractivity contribution is 5.77. The van der Waals surface area contributed by atoms with Crippen LogP contribution in [0.4, 0.5) is 11.4 Å². The van der Waals surface area contributed by atoms with Gasteiger partial charge >= 0.3 is 5.97 Å². The first-order valence-electron chi connectivity index (χ1n) is 7.93. The number of ether oxygens (including phenoxy) is 4. The minimum atomic E-state index is -1.01. The van der Waals surface area contributed by atoms with Crippen LogP contribution in [0.15, 0.2) is 18.2 Å². The molecule has 1 spiro atoms. The lowest BCUT2D eigenvalue weighted by molar-refractivity contribution is -0.322. The molecule has 24 heavy (non-hydrogen) atoms. The van der Waals surface area contributed by atoms with Crippen molar-refractivity contribution in [3.8, 4) is 0 Å². The number of esters is 1. The van der Waals surface area contributed by atoms with Crippen molar-refractivity contribution < 1.29 is 23.7 Å². The number of rotatable bonds is 2. The number of carbonyl (C=O) groups is 1. The fourth-order valence-corrected chi connectivity index (χ4v) is 2.87. The molecule has 1 fully saturated rings. The van der Waals surface area contributed by atoms with Gasteiger partial charge in [-0.1, -0.05) is 13.8 Å². The van der Waals surface area contributed by atoms with Crippen LogP contribution in [0.2, 0.25) is 0 Å². The van der Waals surface area contributed by atoms with E-state index in [1.165, 1.54) is 7.11 Å². The molecule has 3 rings (SSSR count). The van der Waals surface area contributed by atoms with Gasteiger partial charge in [-0.3, -0.25) is 4.79 Å². The number of carbonyl (C=O) groups excluding carboxylic acids is 1. The van der Waals surface area contributed by atoms with Crippen molar-refractivity contribution in [2.45, 2.75) is 19.6 Å². The second kappa shape index (κ2) is 6.23. The Kier molecular flexibility index (Phi) is 4.42. The molecule has 7 heteroatoms. The lowest BCUT2D eigenvalue weighted by atomic mass is 9.93. The number of hydrogen-bond donors (Lipinski definition) is 1. The predicted octanol–water partition coefficient (Wildman–Crippen LogP) is 1.46. The average Bonchev–Trinajstić information content (AvgIpc) is 2.68. The third-order valence-corrected chi connectivity index (χ3v) is 4.25. The molecule has 7 nitrogen and oxygen atoms in total. The fraction of sp³-hybridized carbons (Fsp3) is 0.588. The van der Waals surface area contributed by atoms with E-state index in [4.69, 9.17) is 24.7 Å². The van der Waals surface area contributed by atoms with Crippen LogP contribution in [0.1, 0.15) is 19.4 Å². The molecule has 2 aliphatic rings. The summed E-state index contributed by atoms with van der Waals surface area (Å²) in [7, 11) is 1.36. The Morgan fingerprint density at radius 2 is 2.00 bits per heavy atom. The van der Waals surface area contributed by atoms with Gasteiger partial charge in [-0.25, -0.2) is 0 Å². The van der Waals surface area contributed by atoms with Gasteiger partial charge in [-0.15, -0.1) is 0 Å². The van der Waals surface area contributed by atoms with E-state index in [-0.39, 0.29) is 31.3 Å². The third-order valence-electron chi connectivity index (χ3n) is 4.25. The monoisotopic (exact) mass is 336 g/mol. The highest BCUT2D eigenvalue weighted by atomic mass is 16.7. The minimum absolute atomic E-state index is 0.0657. The number of nitrogens with two attached hydrogens (primary N) is 1. The van der Waals surface area contributed by atoms with Crippen LogP contribution in [-0.4, -0.2) is 46.2 Å². The van der Waals surface area contributed by atoms with E-state index in [1.54, 1.807) is 11.0 Å².